The summed E-state index contributed by atoms with van der Waals surface area (Å²) in [7, 11) is 0. The van der Waals surface area contributed by atoms with Gasteiger partial charge in [-0.05, 0) is 81.1 Å². The van der Waals surface area contributed by atoms with E-state index in [0.29, 0.717) is 0 Å². The van der Waals surface area contributed by atoms with Crippen LogP contribution >= 0.6 is 0 Å². The normalized spacial score (nSPS) is 15.0. The fourth-order valence-electron chi connectivity index (χ4n) is 7.96. The molecule has 3 aliphatic rings. The fraction of sp³-hybridized carbons (Fsp3) is 0.0769. The third-order valence-electron chi connectivity index (χ3n) is 9.62. The summed E-state index contributed by atoms with van der Waals surface area (Å²) in [4.78, 5) is 5.00. The van der Waals surface area contributed by atoms with Crippen LogP contribution in [0.4, 0.5) is 34.1 Å². The largest absolute Gasteiger partial charge is 0.311 e. The summed E-state index contributed by atoms with van der Waals surface area (Å²) in [6.45, 7) is 4.92. The summed E-state index contributed by atoms with van der Waals surface area (Å²) in [5.74, 6) is 0. The van der Waals surface area contributed by atoms with Crippen molar-refractivity contribution < 1.29 is 0 Å². The number of para-hydroxylation sites is 3. The van der Waals surface area contributed by atoms with Crippen LogP contribution in [-0.2, 0) is 5.41 Å². The second-order valence-electron chi connectivity index (χ2n) is 12.1. The SMILES string of the molecule is CC1(C)c2ccccc2-c2cccc(N3c4ccccc4B4c5ccccc5N(c5ccccc5)c5cccc3c54)c21. The minimum absolute atomic E-state index is 0.119. The van der Waals surface area contributed by atoms with Gasteiger partial charge in [0.15, 0.2) is 0 Å². The lowest BCUT2D eigenvalue weighted by Crippen LogP contribution is -2.61. The van der Waals surface area contributed by atoms with Gasteiger partial charge in [-0.3, -0.25) is 0 Å². The van der Waals surface area contributed by atoms with E-state index in [4.69, 9.17) is 0 Å². The van der Waals surface area contributed by atoms with Crippen LogP contribution in [0.15, 0.2) is 140 Å². The molecule has 42 heavy (non-hydrogen) atoms. The highest BCUT2D eigenvalue weighted by Gasteiger charge is 2.45. The molecule has 198 valence electrons. The number of hydrogen-bond donors (Lipinski definition) is 0. The van der Waals surface area contributed by atoms with E-state index in [2.05, 4.69) is 163 Å². The maximum atomic E-state index is 2.55. The maximum Gasteiger partial charge on any atom is 0.252 e. The fourth-order valence-corrected chi connectivity index (χ4v) is 7.96. The minimum Gasteiger partial charge on any atom is -0.311 e. The Morgan fingerprint density at radius 3 is 1.74 bits per heavy atom. The molecule has 0 unspecified atom stereocenters. The van der Waals surface area contributed by atoms with Gasteiger partial charge in [-0.15, -0.1) is 0 Å². The van der Waals surface area contributed by atoms with Crippen LogP contribution in [0.1, 0.15) is 25.0 Å². The number of rotatable bonds is 2. The zero-order valence-electron chi connectivity index (χ0n) is 23.8. The highest BCUT2D eigenvalue weighted by molar-refractivity contribution is 7.00. The molecule has 0 atom stereocenters. The van der Waals surface area contributed by atoms with Crippen LogP contribution in [-0.4, -0.2) is 6.71 Å². The Labute approximate surface area is 247 Å². The van der Waals surface area contributed by atoms with Crippen LogP contribution in [0.2, 0.25) is 0 Å². The summed E-state index contributed by atoms with van der Waals surface area (Å²) in [5.41, 5.74) is 16.9. The predicted octanol–water partition coefficient (Wildman–Crippen LogP) is 8.08. The highest BCUT2D eigenvalue weighted by Crippen LogP contribution is 2.54. The van der Waals surface area contributed by atoms with Gasteiger partial charge in [-0.1, -0.05) is 111 Å². The van der Waals surface area contributed by atoms with Gasteiger partial charge >= 0.3 is 0 Å². The number of hydrogen-bond acceptors (Lipinski definition) is 2. The van der Waals surface area contributed by atoms with Crippen molar-refractivity contribution in [3.8, 4) is 11.1 Å². The van der Waals surface area contributed by atoms with E-state index < -0.39 is 0 Å². The first kappa shape index (κ1) is 23.7. The van der Waals surface area contributed by atoms with Gasteiger partial charge < -0.3 is 9.80 Å². The second-order valence-corrected chi connectivity index (χ2v) is 12.1. The van der Waals surface area contributed by atoms with Crippen molar-refractivity contribution in [1.29, 1.82) is 0 Å². The van der Waals surface area contributed by atoms with Crippen molar-refractivity contribution in [1.82, 2.24) is 0 Å². The molecule has 1 aliphatic carbocycles. The van der Waals surface area contributed by atoms with Crippen molar-refractivity contribution in [2.24, 2.45) is 0 Å². The minimum atomic E-state index is -0.119. The molecule has 0 aromatic heterocycles. The molecule has 2 nitrogen and oxygen atoms in total. The van der Waals surface area contributed by atoms with E-state index in [0.717, 1.165) is 0 Å². The average Bonchev–Trinajstić information content (AvgIpc) is 3.28. The molecule has 0 N–H and O–H groups in total. The smallest absolute Gasteiger partial charge is 0.252 e. The van der Waals surface area contributed by atoms with E-state index in [1.54, 1.807) is 0 Å². The van der Waals surface area contributed by atoms with Crippen molar-refractivity contribution in [3.63, 3.8) is 0 Å². The van der Waals surface area contributed by atoms with Crippen LogP contribution in [0.25, 0.3) is 11.1 Å². The topological polar surface area (TPSA) is 6.48 Å². The molecule has 0 spiro atoms. The lowest BCUT2D eigenvalue weighted by molar-refractivity contribution is 0.661. The molecule has 6 aromatic rings. The standard InChI is InChI=1S/C39H29BN2/c1-39(2)29-18-7-6-16-27(29)28-17-12-23-34(37(28)39)42-33-22-11-9-20-31(33)40-30-19-8-10-21-32(30)41(26-14-4-3-5-15-26)35-24-13-25-36(42)38(35)40/h3-25H,1-2H3. The second kappa shape index (κ2) is 8.50. The third-order valence-corrected chi connectivity index (χ3v) is 9.62. The molecule has 0 saturated carbocycles. The molecule has 3 heteroatoms. The summed E-state index contributed by atoms with van der Waals surface area (Å²) >= 11 is 0. The lowest BCUT2D eigenvalue weighted by Gasteiger charge is -2.44. The molecule has 0 radical (unpaired) electrons. The first-order valence-electron chi connectivity index (χ1n) is 14.8. The summed E-state index contributed by atoms with van der Waals surface area (Å²) in [5, 5.41) is 0. The van der Waals surface area contributed by atoms with Crippen LogP contribution in [0, 0.1) is 0 Å². The van der Waals surface area contributed by atoms with Gasteiger partial charge in [-0.25, -0.2) is 0 Å². The molecular weight excluding hydrogens is 507 g/mol. The van der Waals surface area contributed by atoms with E-state index in [9.17, 15) is 0 Å². The number of nitrogens with zero attached hydrogens (tertiary/aromatic N) is 2. The Morgan fingerprint density at radius 2 is 0.976 bits per heavy atom. The van der Waals surface area contributed by atoms with E-state index >= 15 is 0 Å². The van der Waals surface area contributed by atoms with Crippen molar-refractivity contribution in [2.75, 3.05) is 9.80 Å². The first-order valence-corrected chi connectivity index (χ1v) is 14.8. The molecule has 0 fully saturated rings. The quantitative estimate of drug-likeness (QED) is 0.206. The Balaban J connectivity index is 1.36. The van der Waals surface area contributed by atoms with Crippen molar-refractivity contribution >= 4 is 57.2 Å². The molecule has 2 heterocycles. The Kier molecular flexibility index (Phi) is 4.79. The maximum absolute atomic E-state index is 2.55. The van der Waals surface area contributed by atoms with E-state index in [-0.39, 0.29) is 12.1 Å². The molecule has 0 saturated heterocycles. The lowest BCUT2D eigenvalue weighted by atomic mass is 9.33. The van der Waals surface area contributed by atoms with Crippen LogP contribution in [0.3, 0.4) is 0 Å². The zero-order valence-corrected chi connectivity index (χ0v) is 23.8. The van der Waals surface area contributed by atoms with Gasteiger partial charge in [0.1, 0.15) is 0 Å². The number of anilines is 6. The molecule has 0 amide bonds. The van der Waals surface area contributed by atoms with Crippen LogP contribution < -0.4 is 26.2 Å². The summed E-state index contributed by atoms with van der Waals surface area (Å²) < 4.78 is 0. The monoisotopic (exact) mass is 536 g/mol. The van der Waals surface area contributed by atoms with E-state index in [1.165, 1.54) is 72.8 Å². The Hall–Kier alpha value is -5.02. The van der Waals surface area contributed by atoms with E-state index in [1.807, 2.05) is 0 Å². The zero-order chi connectivity index (χ0) is 28.0. The van der Waals surface area contributed by atoms with Gasteiger partial charge in [0.05, 0.1) is 5.69 Å². The molecule has 6 aromatic carbocycles. The molecule has 9 rings (SSSR count). The molecular formula is C39H29BN2. The number of fused-ring (bicyclic) bond motifs is 7. The summed E-state index contributed by atoms with van der Waals surface area (Å²) in [6, 6.07) is 51.4. The van der Waals surface area contributed by atoms with Gasteiger partial charge in [0, 0.05) is 33.9 Å². The average molecular weight is 536 g/mol. The van der Waals surface area contributed by atoms with Crippen LogP contribution in [0.5, 0.6) is 0 Å². The Bertz CT molecular complexity index is 2040. The first-order chi connectivity index (χ1) is 20.6. The molecule has 0 bridgehead atoms. The van der Waals surface area contributed by atoms with Crippen molar-refractivity contribution in [2.45, 2.75) is 19.3 Å². The van der Waals surface area contributed by atoms with Gasteiger partial charge in [-0.2, -0.15) is 0 Å². The number of benzene rings is 6. The van der Waals surface area contributed by atoms with Crippen molar-refractivity contribution in [3.05, 3.63) is 151 Å². The predicted molar refractivity (Wildman–Crippen MR) is 178 cm³/mol. The Morgan fingerprint density at radius 1 is 0.452 bits per heavy atom. The van der Waals surface area contributed by atoms with Gasteiger partial charge in [0.25, 0.3) is 6.71 Å². The highest BCUT2D eigenvalue weighted by atomic mass is 15.2. The van der Waals surface area contributed by atoms with Gasteiger partial charge in [0.2, 0.25) is 0 Å². The third kappa shape index (κ3) is 3.00. The molecule has 2 aliphatic heterocycles. The summed E-state index contributed by atoms with van der Waals surface area (Å²) in [6.07, 6.45) is 0.